The first kappa shape index (κ1) is 12.9. The third kappa shape index (κ3) is 3.01. The number of Topliss-reactive ketones (excluding diaryl/α,β-unsaturated/α-hetero) is 1. The number of carbonyl (C=O) groups excluding carboxylic acids is 1. The number of rotatable bonds is 3. The molecule has 1 heterocycles. The van der Waals surface area contributed by atoms with Crippen molar-refractivity contribution in [1.29, 1.82) is 0 Å². The molecule has 1 saturated heterocycles. The van der Waals surface area contributed by atoms with Crippen molar-refractivity contribution in [3.8, 4) is 11.5 Å². The van der Waals surface area contributed by atoms with Gasteiger partial charge in [-0.2, -0.15) is 0 Å². The second-order valence-electron chi connectivity index (χ2n) is 5.11. The Hall–Kier alpha value is -1.55. The molecule has 0 bridgehead atoms. The van der Waals surface area contributed by atoms with Gasteiger partial charge in [-0.25, -0.2) is 0 Å². The molecule has 1 fully saturated rings. The summed E-state index contributed by atoms with van der Waals surface area (Å²) in [5, 5.41) is 18.6. The third-order valence-corrected chi connectivity index (χ3v) is 3.41. The normalized spacial score (nSPS) is 20.8. The minimum Gasteiger partial charge on any atom is -0.504 e. The Labute approximate surface area is 107 Å². The SMILES string of the molecule is CC1CCCN(CC(=O)c2ccc(O)c(O)c2)C1. The Morgan fingerprint density at radius 1 is 1.39 bits per heavy atom. The van der Waals surface area contributed by atoms with Crippen LogP contribution in [0.5, 0.6) is 11.5 Å². The van der Waals surface area contributed by atoms with E-state index in [1.54, 1.807) is 6.07 Å². The van der Waals surface area contributed by atoms with Gasteiger partial charge in [0.05, 0.1) is 6.54 Å². The summed E-state index contributed by atoms with van der Waals surface area (Å²) in [4.78, 5) is 14.2. The molecule has 1 aromatic rings. The van der Waals surface area contributed by atoms with E-state index < -0.39 is 0 Å². The average molecular weight is 249 g/mol. The number of carbonyl (C=O) groups is 1. The minimum absolute atomic E-state index is 0.0144. The lowest BCUT2D eigenvalue weighted by molar-refractivity contribution is 0.0892. The van der Waals surface area contributed by atoms with E-state index in [-0.39, 0.29) is 17.3 Å². The van der Waals surface area contributed by atoms with Crippen LogP contribution in [0.4, 0.5) is 0 Å². The smallest absolute Gasteiger partial charge is 0.176 e. The first-order valence-corrected chi connectivity index (χ1v) is 6.34. The van der Waals surface area contributed by atoms with E-state index >= 15 is 0 Å². The number of benzene rings is 1. The van der Waals surface area contributed by atoms with Crippen molar-refractivity contribution in [2.45, 2.75) is 19.8 Å². The fourth-order valence-corrected chi connectivity index (χ4v) is 2.42. The van der Waals surface area contributed by atoms with E-state index in [2.05, 4.69) is 11.8 Å². The quantitative estimate of drug-likeness (QED) is 0.635. The highest BCUT2D eigenvalue weighted by molar-refractivity contribution is 5.98. The second kappa shape index (κ2) is 5.40. The lowest BCUT2D eigenvalue weighted by Gasteiger charge is -2.30. The van der Waals surface area contributed by atoms with Gasteiger partial charge in [0.25, 0.3) is 0 Å². The van der Waals surface area contributed by atoms with Crippen LogP contribution in [-0.4, -0.2) is 40.5 Å². The number of ketones is 1. The Morgan fingerprint density at radius 2 is 2.17 bits per heavy atom. The molecule has 1 aliphatic heterocycles. The number of likely N-dealkylation sites (tertiary alicyclic amines) is 1. The topological polar surface area (TPSA) is 60.8 Å². The van der Waals surface area contributed by atoms with E-state index in [1.807, 2.05) is 0 Å². The highest BCUT2D eigenvalue weighted by Gasteiger charge is 2.19. The summed E-state index contributed by atoms with van der Waals surface area (Å²) in [6, 6.07) is 4.22. The Kier molecular flexibility index (Phi) is 3.87. The maximum atomic E-state index is 12.0. The van der Waals surface area contributed by atoms with Gasteiger partial charge >= 0.3 is 0 Å². The van der Waals surface area contributed by atoms with Crippen molar-refractivity contribution >= 4 is 5.78 Å². The summed E-state index contributed by atoms with van der Waals surface area (Å²) in [5.41, 5.74) is 0.448. The predicted molar refractivity (Wildman–Crippen MR) is 68.9 cm³/mol. The highest BCUT2D eigenvalue weighted by Crippen LogP contribution is 2.25. The maximum absolute atomic E-state index is 12.0. The molecule has 0 amide bonds. The molecule has 0 aliphatic carbocycles. The van der Waals surface area contributed by atoms with Crippen LogP contribution in [0.2, 0.25) is 0 Å². The molecule has 1 aromatic carbocycles. The Balaban J connectivity index is 2.00. The zero-order valence-electron chi connectivity index (χ0n) is 10.6. The highest BCUT2D eigenvalue weighted by atomic mass is 16.3. The number of phenolic OH excluding ortho intramolecular Hbond substituents is 2. The van der Waals surface area contributed by atoms with Crippen LogP contribution >= 0.6 is 0 Å². The molecule has 1 atom stereocenters. The summed E-state index contributed by atoms with van der Waals surface area (Å²) in [5.74, 6) is 0.185. The van der Waals surface area contributed by atoms with Gasteiger partial charge in [-0.15, -0.1) is 0 Å². The van der Waals surface area contributed by atoms with Gasteiger partial charge in [0.1, 0.15) is 0 Å². The first-order valence-electron chi connectivity index (χ1n) is 6.34. The molecular weight excluding hydrogens is 230 g/mol. The van der Waals surface area contributed by atoms with Gasteiger partial charge in [0, 0.05) is 12.1 Å². The summed E-state index contributed by atoms with van der Waals surface area (Å²) in [7, 11) is 0. The van der Waals surface area contributed by atoms with Gasteiger partial charge in [-0.1, -0.05) is 6.92 Å². The fraction of sp³-hybridized carbons (Fsp3) is 0.500. The van der Waals surface area contributed by atoms with Crippen LogP contribution in [-0.2, 0) is 0 Å². The predicted octanol–water partition coefficient (Wildman–Crippen LogP) is 2.01. The number of aromatic hydroxyl groups is 2. The maximum Gasteiger partial charge on any atom is 0.176 e. The molecule has 2 N–H and O–H groups in total. The second-order valence-corrected chi connectivity index (χ2v) is 5.11. The fourth-order valence-electron chi connectivity index (χ4n) is 2.42. The third-order valence-electron chi connectivity index (χ3n) is 3.41. The van der Waals surface area contributed by atoms with Gasteiger partial charge in [-0.3, -0.25) is 9.69 Å². The zero-order chi connectivity index (χ0) is 13.1. The van der Waals surface area contributed by atoms with Gasteiger partial charge in [0.15, 0.2) is 17.3 Å². The molecule has 4 nitrogen and oxygen atoms in total. The van der Waals surface area contributed by atoms with Crippen LogP contribution in [0, 0.1) is 5.92 Å². The molecule has 0 saturated carbocycles. The molecule has 4 heteroatoms. The van der Waals surface area contributed by atoms with Crippen LogP contribution < -0.4 is 0 Å². The zero-order valence-corrected chi connectivity index (χ0v) is 10.6. The molecular formula is C14H19NO3. The van der Waals surface area contributed by atoms with Crippen LogP contribution in [0.25, 0.3) is 0 Å². The Morgan fingerprint density at radius 3 is 2.83 bits per heavy atom. The van der Waals surface area contributed by atoms with Gasteiger partial charge in [0.2, 0.25) is 0 Å². The van der Waals surface area contributed by atoms with E-state index in [4.69, 9.17) is 0 Å². The monoisotopic (exact) mass is 249 g/mol. The number of nitrogens with zero attached hydrogens (tertiary/aromatic N) is 1. The summed E-state index contributed by atoms with van der Waals surface area (Å²) >= 11 is 0. The molecule has 1 unspecified atom stereocenters. The average Bonchev–Trinajstić information content (AvgIpc) is 2.32. The van der Waals surface area contributed by atoms with Crippen LogP contribution in [0.3, 0.4) is 0 Å². The van der Waals surface area contributed by atoms with Crippen LogP contribution in [0.15, 0.2) is 18.2 Å². The molecule has 1 aliphatic rings. The summed E-state index contributed by atoms with van der Waals surface area (Å²) < 4.78 is 0. The number of hydrogen-bond donors (Lipinski definition) is 2. The van der Waals surface area contributed by atoms with Crippen molar-refractivity contribution in [3.05, 3.63) is 23.8 Å². The van der Waals surface area contributed by atoms with Crippen molar-refractivity contribution < 1.29 is 15.0 Å². The minimum atomic E-state index is -0.243. The lowest BCUT2D eigenvalue weighted by atomic mass is 9.99. The number of phenols is 2. The van der Waals surface area contributed by atoms with Gasteiger partial charge in [-0.05, 0) is 43.5 Å². The molecule has 0 spiro atoms. The standard InChI is InChI=1S/C14H19NO3/c1-10-3-2-6-15(8-10)9-14(18)11-4-5-12(16)13(17)7-11/h4-5,7,10,16-17H,2-3,6,8-9H2,1H3. The molecule has 98 valence electrons. The first-order chi connectivity index (χ1) is 8.56. The molecule has 0 radical (unpaired) electrons. The molecule has 0 aromatic heterocycles. The van der Waals surface area contributed by atoms with Crippen molar-refractivity contribution in [2.24, 2.45) is 5.92 Å². The lowest BCUT2D eigenvalue weighted by Crippen LogP contribution is -2.37. The van der Waals surface area contributed by atoms with Crippen molar-refractivity contribution in [3.63, 3.8) is 0 Å². The number of piperidine rings is 1. The van der Waals surface area contributed by atoms with Crippen molar-refractivity contribution in [2.75, 3.05) is 19.6 Å². The number of hydrogen-bond acceptors (Lipinski definition) is 4. The summed E-state index contributed by atoms with van der Waals surface area (Å²) in [6.07, 6.45) is 2.36. The van der Waals surface area contributed by atoms with E-state index in [9.17, 15) is 15.0 Å². The Bertz CT molecular complexity index is 445. The van der Waals surface area contributed by atoms with E-state index in [0.29, 0.717) is 18.0 Å². The molecule has 18 heavy (non-hydrogen) atoms. The van der Waals surface area contributed by atoms with Crippen molar-refractivity contribution in [1.82, 2.24) is 4.90 Å². The summed E-state index contributed by atoms with van der Waals surface area (Å²) in [6.45, 7) is 4.49. The molecule has 2 rings (SSSR count). The van der Waals surface area contributed by atoms with E-state index in [0.717, 1.165) is 19.5 Å². The van der Waals surface area contributed by atoms with Crippen LogP contribution in [0.1, 0.15) is 30.1 Å². The largest absolute Gasteiger partial charge is 0.504 e. The van der Waals surface area contributed by atoms with Gasteiger partial charge < -0.3 is 10.2 Å². The van der Waals surface area contributed by atoms with E-state index in [1.165, 1.54) is 18.6 Å².